The summed E-state index contributed by atoms with van der Waals surface area (Å²) in [6, 6.07) is 10.0. The zero-order valence-electron chi connectivity index (χ0n) is 12.9. The Morgan fingerprint density at radius 1 is 1.24 bits per heavy atom. The highest BCUT2D eigenvalue weighted by Gasteiger charge is 2.15. The molecule has 4 rings (SSSR count). The first-order valence-electron chi connectivity index (χ1n) is 7.46. The van der Waals surface area contributed by atoms with Crippen LogP contribution in [0, 0.1) is 0 Å². The monoisotopic (exact) mass is 352 g/mol. The molecule has 0 aliphatic rings. The molecule has 0 fully saturated rings. The number of fused-ring (bicyclic) bond motifs is 1. The van der Waals surface area contributed by atoms with Crippen LogP contribution in [0.5, 0.6) is 0 Å². The summed E-state index contributed by atoms with van der Waals surface area (Å²) in [7, 11) is 0. The normalized spacial score (nSPS) is 11.0. The number of nitrogens with zero attached hydrogens (tertiary/aromatic N) is 2. The van der Waals surface area contributed by atoms with E-state index in [1.165, 1.54) is 34.4 Å². The van der Waals surface area contributed by atoms with E-state index in [1.807, 2.05) is 11.4 Å². The first-order valence-corrected chi connectivity index (χ1v) is 8.34. The van der Waals surface area contributed by atoms with Crippen molar-refractivity contribution >= 4 is 27.5 Å². The Bertz CT molecular complexity index is 1110. The minimum atomic E-state index is -0.979. The molecule has 0 saturated carbocycles. The molecule has 0 saturated heterocycles. The summed E-state index contributed by atoms with van der Waals surface area (Å²) in [5, 5.41) is 11.3. The van der Waals surface area contributed by atoms with E-state index < -0.39 is 5.97 Å². The van der Waals surface area contributed by atoms with Gasteiger partial charge in [0.1, 0.15) is 10.6 Å². The van der Waals surface area contributed by atoms with Gasteiger partial charge in [0.2, 0.25) is 0 Å². The molecule has 0 spiro atoms. The van der Waals surface area contributed by atoms with Crippen molar-refractivity contribution < 1.29 is 14.3 Å². The zero-order chi connectivity index (χ0) is 17.4. The fourth-order valence-corrected chi connectivity index (χ4v) is 3.53. The number of thiophene rings is 1. The van der Waals surface area contributed by atoms with Crippen molar-refractivity contribution in [2.24, 2.45) is 0 Å². The molecular weight excluding hydrogens is 340 g/mol. The highest BCUT2D eigenvalue weighted by molar-refractivity contribution is 7.17. The van der Waals surface area contributed by atoms with Gasteiger partial charge in [0.25, 0.3) is 5.56 Å². The molecule has 1 N–H and O–H groups in total. The maximum Gasteiger partial charge on any atom is 0.335 e. The smallest absolute Gasteiger partial charge is 0.335 e. The van der Waals surface area contributed by atoms with Gasteiger partial charge in [0.15, 0.2) is 0 Å². The lowest BCUT2D eigenvalue weighted by atomic mass is 10.1. The Hall–Kier alpha value is -3.19. The van der Waals surface area contributed by atoms with E-state index in [1.54, 1.807) is 24.5 Å². The summed E-state index contributed by atoms with van der Waals surface area (Å²) in [6.45, 7) is 0.315. The number of aromatic nitrogens is 2. The van der Waals surface area contributed by atoms with Crippen LogP contribution >= 0.6 is 11.3 Å². The van der Waals surface area contributed by atoms with Gasteiger partial charge in [-0.05, 0) is 29.8 Å². The van der Waals surface area contributed by atoms with Crippen LogP contribution in [-0.2, 0) is 6.54 Å². The number of furan rings is 1. The predicted molar refractivity (Wildman–Crippen MR) is 94.1 cm³/mol. The molecule has 124 valence electrons. The Labute approximate surface area is 145 Å². The standard InChI is InChI=1S/C18H12N2O4S/c21-17-15-13(14-2-1-7-24-14)9-25-16(15)19-10-20(17)8-11-3-5-12(6-4-11)18(22)23/h1-7,9-10H,8H2,(H,22,23). The van der Waals surface area contributed by atoms with Crippen molar-refractivity contribution in [1.82, 2.24) is 9.55 Å². The predicted octanol–water partition coefficient (Wildman–Crippen LogP) is 3.46. The van der Waals surface area contributed by atoms with E-state index in [2.05, 4.69) is 4.98 Å². The van der Waals surface area contributed by atoms with E-state index in [9.17, 15) is 9.59 Å². The van der Waals surface area contributed by atoms with E-state index >= 15 is 0 Å². The molecule has 0 radical (unpaired) electrons. The zero-order valence-corrected chi connectivity index (χ0v) is 13.7. The number of rotatable bonds is 4. The molecule has 0 atom stereocenters. The Kier molecular flexibility index (Phi) is 3.70. The van der Waals surface area contributed by atoms with E-state index in [0.717, 1.165) is 11.1 Å². The Morgan fingerprint density at radius 2 is 2.04 bits per heavy atom. The van der Waals surface area contributed by atoms with Crippen LogP contribution in [0.25, 0.3) is 21.5 Å². The molecule has 0 aliphatic carbocycles. The molecule has 3 aromatic heterocycles. The highest BCUT2D eigenvalue weighted by atomic mass is 32.1. The summed E-state index contributed by atoms with van der Waals surface area (Å²) < 4.78 is 6.92. The van der Waals surface area contributed by atoms with Crippen molar-refractivity contribution in [3.63, 3.8) is 0 Å². The summed E-state index contributed by atoms with van der Waals surface area (Å²) in [6.07, 6.45) is 3.08. The van der Waals surface area contributed by atoms with Crippen molar-refractivity contribution in [2.45, 2.75) is 6.54 Å². The van der Waals surface area contributed by atoms with Gasteiger partial charge in [-0.3, -0.25) is 9.36 Å². The van der Waals surface area contributed by atoms with Gasteiger partial charge < -0.3 is 9.52 Å². The second-order valence-corrected chi connectivity index (χ2v) is 6.34. The van der Waals surface area contributed by atoms with Crippen LogP contribution in [-0.4, -0.2) is 20.6 Å². The second-order valence-electron chi connectivity index (χ2n) is 5.49. The van der Waals surface area contributed by atoms with Crippen LogP contribution in [0.4, 0.5) is 0 Å². The number of carbonyl (C=O) groups is 1. The van der Waals surface area contributed by atoms with E-state index in [0.29, 0.717) is 22.5 Å². The molecule has 0 aliphatic heterocycles. The largest absolute Gasteiger partial charge is 0.478 e. The van der Waals surface area contributed by atoms with Gasteiger partial charge >= 0.3 is 5.97 Å². The average Bonchev–Trinajstić information content (AvgIpc) is 3.27. The molecule has 0 bridgehead atoms. The van der Waals surface area contributed by atoms with Crippen molar-refractivity contribution in [1.29, 1.82) is 0 Å². The minimum Gasteiger partial charge on any atom is -0.478 e. The third-order valence-electron chi connectivity index (χ3n) is 3.90. The van der Waals surface area contributed by atoms with Crippen LogP contribution in [0.2, 0.25) is 0 Å². The third kappa shape index (κ3) is 2.74. The van der Waals surface area contributed by atoms with E-state index in [-0.39, 0.29) is 11.1 Å². The quantitative estimate of drug-likeness (QED) is 0.608. The molecular formula is C18H12N2O4S. The number of hydrogen-bond donors (Lipinski definition) is 1. The van der Waals surface area contributed by atoms with Crippen molar-refractivity contribution in [3.8, 4) is 11.3 Å². The van der Waals surface area contributed by atoms with Crippen LogP contribution in [0.15, 0.2) is 63.6 Å². The first-order chi connectivity index (χ1) is 12.1. The third-order valence-corrected chi connectivity index (χ3v) is 4.79. The van der Waals surface area contributed by atoms with Gasteiger partial charge in [-0.2, -0.15) is 0 Å². The van der Waals surface area contributed by atoms with Crippen molar-refractivity contribution in [2.75, 3.05) is 0 Å². The van der Waals surface area contributed by atoms with Crippen molar-refractivity contribution in [3.05, 3.63) is 75.8 Å². The minimum absolute atomic E-state index is 0.153. The van der Waals surface area contributed by atoms with Gasteiger partial charge in [0, 0.05) is 10.9 Å². The fraction of sp³-hybridized carbons (Fsp3) is 0.0556. The van der Waals surface area contributed by atoms with Gasteiger partial charge in [0.05, 0.1) is 30.1 Å². The molecule has 6 nitrogen and oxygen atoms in total. The number of aromatic carboxylic acids is 1. The summed E-state index contributed by atoms with van der Waals surface area (Å²) in [4.78, 5) is 28.8. The van der Waals surface area contributed by atoms with E-state index in [4.69, 9.17) is 9.52 Å². The fourth-order valence-electron chi connectivity index (χ4n) is 2.64. The molecule has 3 heterocycles. The summed E-state index contributed by atoms with van der Waals surface area (Å²) >= 11 is 1.40. The first kappa shape index (κ1) is 15.3. The number of benzene rings is 1. The molecule has 7 heteroatoms. The maximum atomic E-state index is 12.9. The van der Waals surface area contributed by atoms with Crippen LogP contribution in [0.1, 0.15) is 15.9 Å². The van der Waals surface area contributed by atoms with Gasteiger partial charge in [-0.1, -0.05) is 12.1 Å². The Balaban J connectivity index is 1.75. The van der Waals surface area contributed by atoms with Crippen LogP contribution in [0.3, 0.4) is 0 Å². The maximum absolute atomic E-state index is 12.9. The number of hydrogen-bond acceptors (Lipinski definition) is 5. The lowest BCUT2D eigenvalue weighted by Gasteiger charge is -2.06. The summed E-state index contributed by atoms with van der Waals surface area (Å²) in [5.41, 5.74) is 1.61. The molecule has 25 heavy (non-hydrogen) atoms. The average molecular weight is 352 g/mol. The number of carboxylic acids is 1. The Morgan fingerprint density at radius 3 is 2.72 bits per heavy atom. The topological polar surface area (TPSA) is 85.3 Å². The molecule has 4 aromatic rings. The van der Waals surface area contributed by atoms with Gasteiger partial charge in [-0.15, -0.1) is 11.3 Å². The highest BCUT2D eigenvalue weighted by Crippen LogP contribution is 2.30. The second kappa shape index (κ2) is 6.03. The lowest BCUT2D eigenvalue weighted by molar-refractivity contribution is 0.0697. The SMILES string of the molecule is O=C(O)c1ccc(Cn2cnc3scc(-c4ccco4)c3c2=O)cc1. The number of carboxylic acid groups (broad SMARTS) is 1. The van der Waals surface area contributed by atoms with Crippen LogP contribution < -0.4 is 5.56 Å². The lowest BCUT2D eigenvalue weighted by Crippen LogP contribution is -2.21. The van der Waals surface area contributed by atoms with Gasteiger partial charge in [-0.25, -0.2) is 9.78 Å². The molecule has 1 aromatic carbocycles. The summed E-state index contributed by atoms with van der Waals surface area (Å²) in [5.74, 6) is -0.345. The molecule has 0 unspecified atom stereocenters. The molecule has 0 amide bonds.